The van der Waals surface area contributed by atoms with E-state index in [1.165, 1.54) is 5.56 Å². The van der Waals surface area contributed by atoms with E-state index in [4.69, 9.17) is 0 Å². The van der Waals surface area contributed by atoms with E-state index >= 15 is 0 Å². The molecule has 1 aromatic rings. The quantitative estimate of drug-likeness (QED) is 0.395. The van der Waals surface area contributed by atoms with Gasteiger partial charge in [-0.1, -0.05) is 6.92 Å². The van der Waals surface area contributed by atoms with E-state index in [1.54, 1.807) is 0 Å². The molecule has 0 aliphatic carbocycles. The molecule has 0 unspecified atom stereocenters. The van der Waals surface area contributed by atoms with E-state index in [0.717, 1.165) is 0 Å². The molecule has 1 rings (SSSR count). The third-order valence-electron chi connectivity index (χ3n) is 0.863. The zero-order chi connectivity index (χ0) is 5.11. The molecule has 0 spiro atoms. The van der Waals surface area contributed by atoms with Gasteiger partial charge in [-0.15, -0.1) is 0 Å². The Kier molecular flexibility index (Phi) is 3.59. The molecule has 0 bridgehead atoms. The summed E-state index contributed by atoms with van der Waals surface area (Å²) >= 11 is 0. The topological polar surface area (TPSA) is 0 Å². The van der Waals surface area contributed by atoms with E-state index in [0.29, 0.717) is 0 Å². The van der Waals surface area contributed by atoms with Crippen molar-refractivity contribution in [1.82, 2.24) is 0 Å². The van der Waals surface area contributed by atoms with Gasteiger partial charge in [-0.3, -0.25) is 0 Å². The molecule has 0 amide bonds. The molecule has 0 aromatic heterocycles. The van der Waals surface area contributed by atoms with E-state index < -0.39 is 0 Å². The fraction of sp³-hybridized carbons (Fsp3) is 0.143. The number of hydrogen-bond donors (Lipinski definition) is 0. The molecule has 46 valence electrons. The molecule has 0 nitrogen and oxygen atoms in total. The normalized spacial score (nSPS) is 7.62. The summed E-state index contributed by atoms with van der Waals surface area (Å²) in [6, 6.07) is 10.8. The third-order valence-corrected chi connectivity index (χ3v) is 0.863. The minimum absolute atomic E-state index is 0. The first-order chi connectivity index (χ1) is 3.39. The van der Waals surface area contributed by atoms with Crippen LogP contribution in [0.25, 0.3) is 0 Å². The molecule has 0 aliphatic heterocycles. The molecule has 1 aromatic carbocycles. The Labute approximate surface area is 60.4 Å². The van der Waals surface area contributed by atoms with Crippen molar-refractivity contribution in [3.05, 3.63) is 35.9 Å². The summed E-state index contributed by atoms with van der Waals surface area (Å²) in [7, 11) is 0. The van der Waals surface area contributed by atoms with Crippen molar-refractivity contribution in [2.45, 2.75) is 6.92 Å². The van der Waals surface area contributed by atoms with Gasteiger partial charge in [-0.2, -0.15) is 35.9 Å². The summed E-state index contributed by atoms with van der Waals surface area (Å²) in [5.74, 6) is 0. The molecule has 0 heterocycles. The predicted molar refractivity (Wildman–Crippen MR) is 30.0 cm³/mol. The molecule has 8 heavy (non-hydrogen) atoms. The van der Waals surface area contributed by atoms with Crippen molar-refractivity contribution in [1.29, 1.82) is 0 Å². The first kappa shape index (κ1) is 7.74. The van der Waals surface area contributed by atoms with Crippen LogP contribution in [0.2, 0.25) is 0 Å². The van der Waals surface area contributed by atoms with Crippen molar-refractivity contribution < 1.29 is 17.1 Å². The molecule has 0 saturated carbocycles. The zero-order valence-electron chi connectivity index (χ0n) is 4.61. The van der Waals surface area contributed by atoms with Gasteiger partial charge in [0.2, 0.25) is 0 Å². The Morgan fingerprint density at radius 3 is 2.50 bits per heavy atom. The van der Waals surface area contributed by atoms with Crippen LogP contribution in [0, 0.1) is 13.0 Å². The van der Waals surface area contributed by atoms with Gasteiger partial charge in [-0.25, -0.2) is 0 Å². The average molecular weight is 155 g/mol. The molecular formula is C7H7Cu. The van der Waals surface area contributed by atoms with Gasteiger partial charge < -0.3 is 0 Å². The second-order valence-electron chi connectivity index (χ2n) is 1.58. The minimum Gasteiger partial charge on any atom is -0.184 e. The second kappa shape index (κ2) is 3.71. The number of rotatable bonds is 0. The van der Waals surface area contributed by atoms with Gasteiger partial charge in [0.15, 0.2) is 0 Å². The van der Waals surface area contributed by atoms with Gasteiger partial charge >= 0.3 is 17.1 Å². The van der Waals surface area contributed by atoms with Crippen LogP contribution in [0.1, 0.15) is 5.56 Å². The standard InChI is InChI=1S/C7H7.Cu/c1-7-5-3-2-4-6-7;/h2-3,5-6H,1H3;/q-1;+1. The van der Waals surface area contributed by atoms with Crippen molar-refractivity contribution in [2.75, 3.05) is 0 Å². The molecule has 0 aliphatic rings. The van der Waals surface area contributed by atoms with Crippen LogP contribution in [-0.2, 0) is 17.1 Å². The van der Waals surface area contributed by atoms with Gasteiger partial charge in [0.05, 0.1) is 0 Å². The van der Waals surface area contributed by atoms with Crippen LogP contribution >= 0.6 is 0 Å². The molecule has 1 heteroatoms. The van der Waals surface area contributed by atoms with Crippen molar-refractivity contribution >= 4 is 0 Å². The Hall–Kier alpha value is -0.261. The maximum atomic E-state index is 2.96. The first-order valence-electron chi connectivity index (χ1n) is 2.32. The Morgan fingerprint density at radius 1 is 1.50 bits per heavy atom. The zero-order valence-corrected chi connectivity index (χ0v) is 5.55. The summed E-state index contributed by atoms with van der Waals surface area (Å²) in [4.78, 5) is 0. The van der Waals surface area contributed by atoms with E-state index in [1.807, 2.05) is 18.2 Å². The van der Waals surface area contributed by atoms with Crippen LogP contribution < -0.4 is 0 Å². The molecular weight excluding hydrogens is 148 g/mol. The maximum absolute atomic E-state index is 2.96. The van der Waals surface area contributed by atoms with E-state index in [-0.39, 0.29) is 17.1 Å². The molecule has 0 N–H and O–H groups in total. The molecule has 0 radical (unpaired) electrons. The van der Waals surface area contributed by atoms with Crippen LogP contribution in [0.15, 0.2) is 24.3 Å². The first-order valence-corrected chi connectivity index (χ1v) is 2.32. The van der Waals surface area contributed by atoms with Gasteiger partial charge in [0.1, 0.15) is 0 Å². The van der Waals surface area contributed by atoms with Crippen molar-refractivity contribution in [2.24, 2.45) is 0 Å². The van der Waals surface area contributed by atoms with E-state index in [2.05, 4.69) is 19.1 Å². The number of benzene rings is 1. The van der Waals surface area contributed by atoms with Crippen LogP contribution in [0.4, 0.5) is 0 Å². The molecule has 0 fully saturated rings. The summed E-state index contributed by atoms with van der Waals surface area (Å²) in [6.07, 6.45) is 0. The van der Waals surface area contributed by atoms with Crippen LogP contribution in [-0.4, -0.2) is 0 Å². The largest absolute Gasteiger partial charge is 1.00 e. The van der Waals surface area contributed by atoms with Crippen LogP contribution in [0.3, 0.4) is 0 Å². The number of hydrogen-bond acceptors (Lipinski definition) is 0. The average Bonchev–Trinajstić information content (AvgIpc) is 1.69. The Balaban J connectivity index is 0.000000490. The molecule has 0 saturated heterocycles. The fourth-order valence-electron chi connectivity index (χ4n) is 0.483. The third kappa shape index (κ3) is 2.15. The maximum Gasteiger partial charge on any atom is 1.00 e. The van der Waals surface area contributed by atoms with Gasteiger partial charge in [0.25, 0.3) is 0 Å². The Morgan fingerprint density at radius 2 is 2.25 bits per heavy atom. The Bertz CT molecular complexity index is 134. The summed E-state index contributed by atoms with van der Waals surface area (Å²) in [5.41, 5.74) is 1.27. The SMILES string of the molecule is Cc1c[c-]ccc1.[Cu+]. The van der Waals surface area contributed by atoms with E-state index in [9.17, 15) is 0 Å². The van der Waals surface area contributed by atoms with Gasteiger partial charge in [-0.05, 0) is 0 Å². The summed E-state index contributed by atoms with van der Waals surface area (Å²) in [5, 5.41) is 0. The van der Waals surface area contributed by atoms with Crippen molar-refractivity contribution in [3.8, 4) is 0 Å². The minimum atomic E-state index is 0. The smallest absolute Gasteiger partial charge is 0.184 e. The summed E-state index contributed by atoms with van der Waals surface area (Å²) in [6.45, 7) is 2.05. The second-order valence-corrected chi connectivity index (χ2v) is 1.58. The van der Waals surface area contributed by atoms with Crippen molar-refractivity contribution in [3.63, 3.8) is 0 Å². The predicted octanol–water partition coefficient (Wildman–Crippen LogP) is 1.79. The monoisotopic (exact) mass is 154 g/mol. The fourth-order valence-corrected chi connectivity index (χ4v) is 0.483. The molecule has 0 atom stereocenters. The van der Waals surface area contributed by atoms with Gasteiger partial charge in [0, 0.05) is 0 Å². The number of aryl methyl sites for hydroxylation is 1. The van der Waals surface area contributed by atoms with Crippen LogP contribution in [0.5, 0.6) is 0 Å². The summed E-state index contributed by atoms with van der Waals surface area (Å²) < 4.78 is 0.